The summed E-state index contributed by atoms with van der Waals surface area (Å²) in [5.74, 6) is -1.63. The van der Waals surface area contributed by atoms with E-state index in [2.05, 4.69) is 25.3 Å². The van der Waals surface area contributed by atoms with Gasteiger partial charge in [0.1, 0.15) is 16.7 Å². The Morgan fingerprint density at radius 3 is 2.74 bits per heavy atom. The van der Waals surface area contributed by atoms with Gasteiger partial charge in [-0.3, -0.25) is 14.5 Å². The zero-order valence-electron chi connectivity index (χ0n) is 19.6. The predicted octanol–water partition coefficient (Wildman–Crippen LogP) is 2.23. The number of rotatable bonds is 4. The number of amides is 1. The molecule has 1 saturated heterocycles. The lowest BCUT2D eigenvalue weighted by Crippen LogP contribution is -2.52. The number of hydrogen-bond donors (Lipinski definition) is 2. The summed E-state index contributed by atoms with van der Waals surface area (Å²) >= 11 is 0. The number of nitrogens with one attached hydrogen (secondary N) is 2. The Kier molecular flexibility index (Phi) is 5.72. The number of piperazine rings is 1. The number of carbonyl (C=O) groups excluding carboxylic acids is 1. The number of H-pyrrole nitrogens is 1. The van der Waals surface area contributed by atoms with Gasteiger partial charge in [0.2, 0.25) is 5.95 Å². The Labute approximate surface area is 199 Å². The molecule has 1 amide bonds. The van der Waals surface area contributed by atoms with Crippen LogP contribution >= 0.6 is 0 Å². The van der Waals surface area contributed by atoms with Crippen LogP contribution in [0.1, 0.15) is 28.5 Å². The fourth-order valence-electron chi connectivity index (χ4n) is 4.76. The van der Waals surface area contributed by atoms with Gasteiger partial charge in [-0.1, -0.05) is 6.07 Å². The van der Waals surface area contributed by atoms with Gasteiger partial charge in [0, 0.05) is 50.4 Å². The number of hydrogen-bond acceptors (Lipinski definition) is 6. The normalized spacial score (nSPS) is 16.8. The Bertz CT molecular complexity index is 1510. The number of halogens is 2. The molecule has 1 fully saturated rings. The number of aryl methyl sites for hydroxylation is 1. The van der Waals surface area contributed by atoms with Crippen LogP contribution in [0.15, 0.2) is 35.3 Å². The van der Waals surface area contributed by atoms with Gasteiger partial charge in [-0.15, -0.1) is 0 Å². The molecule has 1 aromatic carbocycles. The summed E-state index contributed by atoms with van der Waals surface area (Å²) < 4.78 is 31.6. The molecule has 5 rings (SSSR count). The molecule has 0 unspecified atom stereocenters. The van der Waals surface area contributed by atoms with Crippen molar-refractivity contribution in [3.8, 4) is 0 Å². The van der Waals surface area contributed by atoms with E-state index in [1.165, 1.54) is 17.6 Å². The monoisotopic (exact) mass is 481 g/mol. The molecule has 4 heterocycles. The van der Waals surface area contributed by atoms with Crippen molar-refractivity contribution in [2.45, 2.75) is 26.4 Å². The van der Waals surface area contributed by atoms with Crippen molar-refractivity contribution in [3.05, 3.63) is 69.4 Å². The van der Waals surface area contributed by atoms with Gasteiger partial charge in [0.15, 0.2) is 5.82 Å². The molecule has 1 atom stereocenters. The highest BCUT2D eigenvalue weighted by atomic mass is 19.1. The first-order chi connectivity index (χ1) is 16.8. The predicted molar refractivity (Wildman–Crippen MR) is 128 cm³/mol. The molecule has 0 aliphatic carbocycles. The number of fused-ring (bicyclic) bond motifs is 3. The highest BCUT2D eigenvalue weighted by molar-refractivity contribution is 5.92. The molecule has 0 radical (unpaired) electrons. The Hall–Kier alpha value is -3.86. The molecule has 182 valence electrons. The second kappa shape index (κ2) is 8.73. The number of aromatic amines is 1. The van der Waals surface area contributed by atoms with Crippen LogP contribution in [-0.2, 0) is 6.54 Å². The van der Waals surface area contributed by atoms with Gasteiger partial charge >= 0.3 is 0 Å². The lowest BCUT2D eigenvalue weighted by molar-refractivity contribution is 0.0957. The third kappa shape index (κ3) is 3.91. The van der Waals surface area contributed by atoms with E-state index in [1.807, 2.05) is 11.8 Å². The van der Waals surface area contributed by atoms with Gasteiger partial charge in [-0.2, -0.15) is 9.49 Å². The minimum Gasteiger partial charge on any atom is -0.363 e. The van der Waals surface area contributed by atoms with Crippen molar-refractivity contribution in [2.24, 2.45) is 0 Å². The Morgan fingerprint density at radius 2 is 2.03 bits per heavy atom. The van der Waals surface area contributed by atoms with E-state index in [1.54, 1.807) is 31.3 Å². The summed E-state index contributed by atoms with van der Waals surface area (Å²) in [5, 5.41) is 6.65. The zero-order valence-corrected chi connectivity index (χ0v) is 19.6. The number of nitrogens with zero attached hydrogens (tertiary/aromatic N) is 5. The number of benzene rings is 1. The Balaban J connectivity index is 1.36. The van der Waals surface area contributed by atoms with E-state index in [4.69, 9.17) is 0 Å². The van der Waals surface area contributed by atoms with Crippen molar-refractivity contribution in [3.63, 3.8) is 0 Å². The largest absolute Gasteiger partial charge is 0.363 e. The lowest BCUT2D eigenvalue weighted by Gasteiger charge is -2.41. The summed E-state index contributed by atoms with van der Waals surface area (Å²) in [6, 6.07) is 6.47. The fourth-order valence-corrected chi connectivity index (χ4v) is 4.76. The molecule has 1 aliphatic heterocycles. The molecule has 35 heavy (non-hydrogen) atoms. The van der Waals surface area contributed by atoms with Crippen molar-refractivity contribution in [2.75, 3.05) is 31.6 Å². The van der Waals surface area contributed by atoms with E-state index in [0.29, 0.717) is 48.5 Å². The minimum atomic E-state index is -0.698. The van der Waals surface area contributed by atoms with Crippen LogP contribution in [0, 0.1) is 18.7 Å². The molecule has 0 saturated carbocycles. The summed E-state index contributed by atoms with van der Waals surface area (Å²) in [7, 11) is 1.46. The highest BCUT2D eigenvalue weighted by Crippen LogP contribution is 2.26. The maximum atomic E-state index is 15.4. The van der Waals surface area contributed by atoms with E-state index in [-0.39, 0.29) is 22.8 Å². The van der Waals surface area contributed by atoms with Crippen LogP contribution < -0.4 is 15.8 Å². The first-order valence-electron chi connectivity index (χ1n) is 11.3. The third-order valence-corrected chi connectivity index (χ3v) is 6.54. The summed E-state index contributed by atoms with van der Waals surface area (Å²) in [4.78, 5) is 34.6. The van der Waals surface area contributed by atoms with E-state index in [9.17, 15) is 14.0 Å². The first kappa shape index (κ1) is 22.9. The Morgan fingerprint density at radius 1 is 1.23 bits per heavy atom. The number of pyridine rings is 1. The zero-order chi connectivity index (χ0) is 24.9. The minimum absolute atomic E-state index is 0.0207. The number of anilines is 1. The average Bonchev–Trinajstić information content (AvgIpc) is 3.23. The standard InChI is InChI=1S/C24H25F2N7O2/c1-13-10-28-33-17-6-4-15(19(25)20(17)30-24(35)21(13)33)12-31-8-9-32(14(2)11-31)18-7-5-16(23(34)27-3)29-22(18)26/h4-7,10,14H,8-9,11-12H2,1-3H3,(H,27,34)(H,30,35)/t14-/m1/s1. The summed E-state index contributed by atoms with van der Waals surface area (Å²) in [6.45, 7) is 5.75. The molecular formula is C24H25F2N7O2. The van der Waals surface area contributed by atoms with Crippen molar-refractivity contribution < 1.29 is 13.6 Å². The number of aromatic nitrogens is 4. The van der Waals surface area contributed by atoms with Gasteiger partial charge in [0.25, 0.3) is 11.5 Å². The summed E-state index contributed by atoms with van der Waals surface area (Å²) in [5.41, 5.74) is 2.17. The number of carbonyl (C=O) groups is 1. The SMILES string of the molecule is CNC(=O)c1ccc(N2CCN(Cc3ccc4c([nH]c(=O)c5c(C)cnn54)c3F)C[C@H]2C)c(F)n1. The van der Waals surface area contributed by atoms with Crippen molar-refractivity contribution in [1.82, 2.24) is 29.8 Å². The van der Waals surface area contributed by atoms with Crippen molar-refractivity contribution >= 4 is 28.1 Å². The molecule has 3 aromatic heterocycles. The molecule has 0 spiro atoms. The quantitative estimate of drug-likeness (QED) is 0.434. The second-order valence-electron chi connectivity index (χ2n) is 8.84. The van der Waals surface area contributed by atoms with Gasteiger partial charge < -0.3 is 15.2 Å². The second-order valence-corrected chi connectivity index (χ2v) is 8.84. The van der Waals surface area contributed by atoms with Crippen LogP contribution in [0.4, 0.5) is 14.5 Å². The van der Waals surface area contributed by atoms with Crippen LogP contribution in [0.5, 0.6) is 0 Å². The van der Waals surface area contributed by atoms with E-state index >= 15 is 4.39 Å². The van der Waals surface area contributed by atoms with Crippen molar-refractivity contribution in [1.29, 1.82) is 0 Å². The van der Waals surface area contributed by atoms with E-state index in [0.717, 1.165) is 5.56 Å². The average molecular weight is 482 g/mol. The molecule has 2 N–H and O–H groups in total. The van der Waals surface area contributed by atoms with Gasteiger partial charge in [-0.25, -0.2) is 13.9 Å². The van der Waals surface area contributed by atoms with Crippen LogP contribution in [0.25, 0.3) is 16.6 Å². The molecule has 0 bridgehead atoms. The molecule has 9 nitrogen and oxygen atoms in total. The maximum absolute atomic E-state index is 15.4. The first-order valence-corrected chi connectivity index (χ1v) is 11.3. The third-order valence-electron chi connectivity index (χ3n) is 6.54. The smallest absolute Gasteiger partial charge is 0.274 e. The summed E-state index contributed by atoms with van der Waals surface area (Å²) in [6.07, 6.45) is 1.58. The van der Waals surface area contributed by atoms with Crippen LogP contribution in [0.3, 0.4) is 0 Å². The van der Waals surface area contributed by atoms with E-state index < -0.39 is 17.7 Å². The topological polar surface area (TPSA) is 98.6 Å². The van der Waals surface area contributed by atoms with Gasteiger partial charge in [0.05, 0.1) is 17.4 Å². The van der Waals surface area contributed by atoms with Crippen LogP contribution in [0.2, 0.25) is 0 Å². The van der Waals surface area contributed by atoms with Gasteiger partial charge in [-0.05, 0) is 32.0 Å². The van der Waals surface area contributed by atoms with Crippen LogP contribution in [-0.4, -0.2) is 63.1 Å². The lowest BCUT2D eigenvalue weighted by atomic mass is 10.1. The molecule has 1 aliphatic rings. The fraction of sp³-hybridized carbons (Fsp3) is 0.333. The molecular weight excluding hydrogens is 456 g/mol. The molecule has 4 aromatic rings. The molecule has 11 heteroatoms. The highest BCUT2D eigenvalue weighted by Gasteiger charge is 2.27. The maximum Gasteiger partial charge on any atom is 0.274 e.